The molecule has 0 saturated carbocycles. The lowest BCUT2D eigenvalue weighted by Gasteiger charge is -2.30. The first-order chi connectivity index (χ1) is 17.3. The van der Waals surface area contributed by atoms with Crippen LogP contribution in [0.3, 0.4) is 0 Å². The van der Waals surface area contributed by atoms with Crippen LogP contribution in [0, 0.1) is 6.92 Å². The molecule has 0 amide bonds. The molecule has 4 atom stereocenters. The normalized spacial score (nSPS) is 22.5. The number of hydrogen-bond acceptors (Lipinski definition) is 8. The number of aliphatic hydroxyl groups is 2. The zero-order valence-corrected chi connectivity index (χ0v) is 21.0. The van der Waals surface area contributed by atoms with Crippen LogP contribution < -0.4 is 5.73 Å². The maximum atomic E-state index is 10.8. The van der Waals surface area contributed by atoms with E-state index in [1.54, 1.807) is 23.2 Å². The first-order valence-electron chi connectivity index (χ1n) is 12.6. The number of rotatable bonds is 9. The van der Waals surface area contributed by atoms with Crippen molar-refractivity contribution in [2.24, 2.45) is 0 Å². The molecule has 4 aromatic rings. The molecule has 0 radical (unpaired) electrons. The summed E-state index contributed by atoms with van der Waals surface area (Å²) >= 11 is 0. The van der Waals surface area contributed by atoms with Gasteiger partial charge < -0.3 is 25.7 Å². The first-order valence-corrected chi connectivity index (χ1v) is 12.6. The van der Waals surface area contributed by atoms with E-state index in [1.807, 2.05) is 12.1 Å². The summed E-state index contributed by atoms with van der Waals surface area (Å²) < 4.78 is 7.81. The number of anilines is 1. The van der Waals surface area contributed by atoms with Crippen molar-refractivity contribution in [2.75, 3.05) is 18.8 Å². The minimum absolute atomic E-state index is 0.265. The molecule has 0 aliphatic carbocycles. The van der Waals surface area contributed by atoms with Crippen LogP contribution in [0.1, 0.15) is 44.3 Å². The molecule has 10 nitrogen and oxygen atoms in total. The van der Waals surface area contributed by atoms with Crippen molar-refractivity contribution in [3.05, 3.63) is 48.2 Å². The number of nitrogens with two attached hydrogens (primary N) is 1. The molecule has 5 rings (SSSR count). The molecule has 1 aliphatic heterocycles. The maximum Gasteiger partial charge on any atom is 0.165 e. The fourth-order valence-corrected chi connectivity index (χ4v) is 4.99. The Bertz CT molecular complexity index is 1330. The van der Waals surface area contributed by atoms with E-state index < -0.39 is 24.5 Å². The third-order valence-electron chi connectivity index (χ3n) is 7.13. The fourth-order valence-electron chi connectivity index (χ4n) is 4.99. The van der Waals surface area contributed by atoms with Gasteiger partial charge in [0.25, 0.3) is 0 Å². The van der Waals surface area contributed by atoms with Crippen molar-refractivity contribution in [1.29, 1.82) is 0 Å². The van der Waals surface area contributed by atoms with Crippen LogP contribution in [0.5, 0.6) is 0 Å². The van der Waals surface area contributed by atoms with Gasteiger partial charge in [0.2, 0.25) is 0 Å². The summed E-state index contributed by atoms with van der Waals surface area (Å²) in [5, 5.41) is 21.6. The first kappa shape index (κ1) is 24.6. The fraction of sp³-hybridized carbons (Fsp3) is 0.500. The molecule has 0 spiro atoms. The minimum atomic E-state index is -1.10. The number of benzene rings is 1. The summed E-state index contributed by atoms with van der Waals surface area (Å²) in [4.78, 5) is 19.1. The van der Waals surface area contributed by atoms with E-state index in [-0.39, 0.29) is 6.04 Å². The molecule has 4 heterocycles. The Labute approximate surface area is 210 Å². The van der Waals surface area contributed by atoms with Gasteiger partial charge in [0.15, 0.2) is 11.9 Å². The van der Waals surface area contributed by atoms with Crippen molar-refractivity contribution < 1.29 is 14.9 Å². The van der Waals surface area contributed by atoms with Gasteiger partial charge >= 0.3 is 0 Å². The molecule has 0 unspecified atom stereocenters. The lowest BCUT2D eigenvalue weighted by molar-refractivity contribution is -0.0469. The second kappa shape index (κ2) is 10.1. The van der Waals surface area contributed by atoms with Crippen molar-refractivity contribution in [2.45, 2.75) is 70.6 Å². The molecule has 1 fully saturated rings. The Balaban J connectivity index is 1.19. The van der Waals surface area contributed by atoms with Gasteiger partial charge in [-0.1, -0.05) is 12.1 Å². The number of aromatic nitrogens is 5. The molecule has 5 N–H and O–H groups in total. The van der Waals surface area contributed by atoms with E-state index in [4.69, 9.17) is 15.5 Å². The summed E-state index contributed by atoms with van der Waals surface area (Å²) in [5.74, 6) is 1.01. The third kappa shape index (κ3) is 4.69. The van der Waals surface area contributed by atoms with Crippen LogP contribution in [0.15, 0.2) is 36.8 Å². The number of pyridine rings is 1. The van der Waals surface area contributed by atoms with Crippen molar-refractivity contribution in [3.8, 4) is 0 Å². The highest BCUT2D eigenvalue weighted by molar-refractivity contribution is 5.83. The standard InChI is InChI=1S/C26H35N7O3/c1-15(2)32(12-5-4-9-20-30-18-8-6-7-16(3)21(18)31-20)13-19-23(34)24(35)26(36-19)33-14-29-22-17(27)10-11-28-25(22)33/h6-8,10-11,14-15,19,23-24,26,34-35H,4-5,9,12-13H2,1-3H3,(H2,27,28)(H,30,31)/t19-,23-,24-,26-/m1/s1. The van der Waals surface area contributed by atoms with E-state index in [0.717, 1.165) is 42.7 Å². The van der Waals surface area contributed by atoms with Gasteiger partial charge in [-0.15, -0.1) is 0 Å². The monoisotopic (exact) mass is 493 g/mol. The number of hydrogen-bond donors (Lipinski definition) is 4. The molecule has 3 aromatic heterocycles. The van der Waals surface area contributed by atoms with Gasteiger partial charge in [-0.3, -0.25) is 9.47 Å². The van der Waals surface area contributed by atoms with Crippen LogP contribution in [0.2, 0.25) is 0 Å². The van der Waals surface area contributed by atoms with E-state index in [0.29, 0.717) is 23.4 Å². The predicted molar refractivity (Wildman–Crippen MR) is 138 cm³/mol. The average Bonchev–Trinajstić information content (AvgIpc) is 3.54. The molecule has 1 saturated heterocycles. The molecule has 36 heavy (non-hydrogen) atoms. The summed E-state index contributed by atoms with van der Waals surface area (Å²) in [7, 11) is 0. The van der Waals surface area contributed by atoms with Crippen molar-refractivity contribution in [3.63, 3.8) is 0 Å². The molecule has 10 heteroatoms. The number of aromatic amines is 1. The second-order valence-electron chi connectivity index (χ2n) is 9.97. The largest absolute Gasteiger partial charge is 0.397 e. The van der Waals surface area contributed by atoms with Crippen LogP contribution in [0.4, 0.5) is 5.69 Å². The zero-order valence-electron chi connectivity index (χ0n) is 21.0. The Morgan fingerprint density at radius 3 is 2.78 bits per heavy atom. The van der Waals surface area contributed by atoms with Crippen LogP contribution in [-0.4, -0.2) is 77.1 Å². The molecular formula is C26H35N7O3. The van der Waals surface area contributed by atoms with Crippen molar-refractivity contribution >= 4 is 27.9 Å². The van der Waals surface area contributed by atoms with E-state index in [9.17, 15) is 10.2 Å². The highest BCUT2D eigenvalue weighted by atomic mass is 16.6. The maximum absolute atomic E-state index is 10.8. The Morgan fingerprint density at radius 1 is 1.17 bits per heavy atom. The lowest BCUT2D eigenvalue weighted by Crippen LogP contribution is -2.43. The van der Waals surface area contributed by atoms with Gasteiger partial charge in [-0.25, -0.2) is 15.0 Å². The number of fused-ring (bicyclic) bond motifs is 2. The van der Waals surface area contributed by atoms with Gasteiger partial charge in [0.1, 0.15) is 29.7 Å². The van der Waals surface area contributed by atoms with Gasteiger partial charge in [-0.05, 0) is 57.9 Å². The highest BCUT2D eigenvalue weighted by Gasteiger charge is 2.45. The topological polar surface area (TPSA) is 138 Å². The molecule has 0 bridgehead atoms. The molecule has 1 aliphatic rings. The molecule has 192 valence electrons. The Kier molecular flexibility index (Phi) is 6.94. The number of nitrogens with one attached hydrogen (secondary N) is 1. The van der Waals surface area contributed by atoms with Crippen LogP contribution in [-0.2, 0) is 11.2 Å². The summed E-state index contributed by atoms with van der Waals surface area (Å²) in [6, 6.07) is 8.10. The van der Waals surface area contributed by atoms with Gasteiger partial charge in [0, 0.05) is 25.2 Å². The second-order valence-corrected chi connectivity index (χ2v) is 9.97. The molecule has 1 aromatic carbocycles. The van der Waals surface area contributed by atoms with E-state index >= 15 is 0 Å². The summed E-state index contributed by atoms with van der Waals surface area (Å²) in [6.45, 7) is 7.72. The Hall–Kier alpha value is -3.05. The lowest BCUT2D eigenvalue weighted by atomic mass is 10.1. The predicted octanol–water partition coefficient (Wildman–Crippen LogP) is 2.55. The number of para-hydroxylation sites is 1. The van der Waals surface area contributed by atoms with E-state index in [2.05, 4.69) is 46.7 Å². The number of nitrogen functional groups attached to an aromatic ring is 1. The average molecular weight is 494 g/mol. The zero-order chi connectivity index (χ0) is 25.4. The number of ether oxygens (including phenoxy) is 1. The van der Waals surface area contributed by atoms with Crippen molar-refractivity contribution in [1.82, 2.24) is 29.4 Å². The number of unbranched alkanes of at least 4 members (excludes halogenated alkanes) is 1. The quantitative estimate of drug-likeness (QED) is 0.261. The third-order valence-corrected chi connectivity index (χ3v) is 7.13. The number of aryl methyl sites for hydroxylation is 2. The van der Waals surface area contributed by atoms with Gasteiger partial charge in [0.05, 0.1) is 23.0 Å². The minimum Gasteiger partial charge on any atom is -0.397 e. The van der Waals surface area contributed by atoms with Crippen LogP contribution >= 0.6 is 0 Å². The SMILES string of the molecule is Cc1cccc2nc(CCCCN(C[C@H]3O[C@@H](n4cnc5c(N)ccnc54)[C@H](O)[C@@H]3O)C(C)C)[nH]c12. The highest BCUT2D eigenvalue weighted by Crippen LogP contribution is 2.33. The number of H-pyrrole nitrogens is 1. The van der Waals surface area contributed by atoms with E-state index in [1.165, 1.54) is 5.56 Å². The molecular weight excluding hydrogens is 458 g/mol. The summed E-state index contributed by atoms with van der Waals surface area (Å²) in [5.41, 5.74) is 10.9. The van der Waals surface area contributed by atoms with Gasteiger partial charge in [-0.2, -0.15) is 0 Å². The number of nitrogens with zero attached hydrogens (tertiary/aromatic N) is 5. The summed E-state index contributed by atoms with van der Waals surface area (Å²) in [6.07, 6.45) is 2.57. The van der Waals surface area contributed by atoms with Crippen LogP contribution in [0.25, 0.3) is 22.2 Å². The number of imidazole rings is 2. The Morgan fingerprint density at radius 2 is 2.00 bits per heavy atom. The number of aliphatic hydroxyl groups excluding tert-OH is 2. The smallest absolute Gasteiger partial charge is 0.165 e.